The van der Waals surface area contributed by atoms with Gasteiger partial charge in [-0.1, -0.05) is 142 Å². The standard InChI is InChI=1S/C39H57Cl6NO11SSi/c1-10-59(11-2,12-3)57-30(19-32(48)49)37(8,9)34(50)27(7)33(56-36(52)55-23-39(43,44)45)25(5)15-13-14-24(4)16-17-29(47)26(6)18-28-21-58-31(46-28)20-53-35(51)54-22-38(40,41)42/h13-14,16,18,21,25,27,29-30,33,47H,10-12,15,17,19-20,22-23H2,1-9H3,(H,48,49)/t25-,27+,29?,30-,33-/m0/s1. The summed E-state index contributed by atoms with van der Waals surface area (Å²) in [6.45, 7) is 15.3. The number of thiazole rings is 1. The highest BCUT2D eigenvalue weighted by molar-refractivity contribution is 7.09. The molecular weight excluding hydrogens is 931 g/mol. The Labute approximate surface area is 382 Å². The Kier molecular flexibility index (Phi) is 24.0. The molecule has 1 aromatic heterocycles. The fourth-order valence-electron chi connectivity index (χ4n) is 6.04. The van der Waals surface area contributed by atoms with E-state index >= 15 is 0 Å². The number of carboxylic acid groups (broad SMARTS) is 1. The molecule has 0 saturated heterocycles. The van der Waals surface area contributed by atoms with Crippen LogP contribution in [0.5, 0.6) is 0 Å². The molecule has 0 bridgehead atoms. The van der Waals surface area contributed by atoms with Crippen molar-refractivity contribution in [2.45, 2.75) is 132 Å². The van der Waals surface area contributed by atoms with Crippen LogP contribution in [0.2, 0.25) is 18.1 Å². The summed E-state index contributed by atoms with van der Waals surface area (Å²) >= 11 is 35.3. The van der Waals surface area contributed by atoms with E-state index in [4.69, 9.17) is 93.0 Å². The molecule has 59 heavy (non-hydrogen) atoms. The van der Waals surface area contributed by atoms with Crippen LogP contribution in [0.4, 0.5) is 9.59 Å². The molecule has 0 radical (unpaired) electrons. The molecule has 0 saturated carbocycles. The monoisotopic (exact) mass is 985 g/mol. The number of rotatable bonds is 24. The van der Waals surface area contributed by atoms with Gasteiger partial charge in [0.05, 0.1) is 30.2 Å². The lowest BCUT2D eigenvalue weighted by molar-refractivity contribution is -0.147. The van der Waals surface area contributed by atoms with Crippen LogP contribution in [-0.2, 0) is 39.6 Å². The first-order valence-electron chi connectivity index (χ1n) is 19.0. The number of aliphatic hydroxyl groups excluding tert-OH is 1. The third-order valence-electron chi connectivity index (χ3n) is 9.87. The van der Waals surface area contributed by atoms with Crippen LogP contribution in [0.3, 0.4) is 0 Å². The molecule has 5 atom stereocenters. The van der Waals surface area contributed by atoms with Gasteiger partial charge in [-0.05, 0) is 62.4 Å². The lowest BCUT2D eigenvalue weighted by Crippen LogP contribution is -2.51. The van der Waals surface area contributed by atoms with Crippen LogP contribution in [0, 0.1) is 17.3 Å². The van der Waals surface area contributed by atoms with Gasteiger partial charge in [0.2, 0.25) is 7.59 Å². The number of ketones is 1. The second-order valence-corrected chi connectivity index (χ2v) is 25.6. The minimum Gasteiger partial charge on any atom is -0.481 e. The van der Waals surface area contributed by atoms with E-state index in [1.807, 2.05) is 52.8 Å². The van der Waals surface area contributed by atoms with Gasteiger partial charge < -0.3 is 33.6 Å². The Bertz CT molecular complexity index is 1610. The Morgan fingerprint density at radius 3 is 1.98 bits per heavy atom. The predicted octanol–water partition coefficient (Wildman–Crippen LogP) is 11.8. The summed E-state index contributed by atoms with van der Waals surface area (Å²) in [5.74, 6) is -2.76. The number of allylic oxidation sites excluding steroid dienone is 3. The van der Waals surface area contributed by atoms with Crippen molar-refractivity contribution in [2.24, 2.45) is 17.3 Å². The van der Waals surface area contributed by atoms with Crippen LogP contribution in [0.15, 0.2) is 34.8 Å². The zero-order valence-electron chi connectivity index (χ0n) is 34.8. The molecule has 2 N–H and O–H groups in total. The SMILES string of the molecule is CC[Si](CC)(CC)O[C@@H](CC(=O)O)C(C)(C)C(=O)[C@H](C)[C@@H](OC(=O)OCC(Cl)(Cl)Cl)[C@@H](C)CC=CC(C)=CCC(O)C(C)=Cc1csc(COC(=O)OCC(Cl)(Cl)Cl)n1. The second-order valence-electron chi connectivity index (χ2n) is 14.9. The first-order chi connectivity index (χ1) is 27.2. The van der Waals surface area contributed by atoms with E-state index in [1.54, 1.807) is 39.2 Å². The van der Waals surface area contributed by atoms with Crippen LogP contribution in [0.1, 0.15) is 92.3 Å². The number of carbonyl (C=O) groups is 4. The number of aromatic nitrogens is 1. The van der Waals surface area contributed by atoms with Crippen LogP contribution in [0.25, 0.3) is 6.08 Å². The largest absolute Gasteiger partial charge is 0.508 e. The van der Waals surface area contributed by atoms with Crippen molar-refractivity contribution in [3.8, 4) is 0 Å². The number of carboxylic acids is 1. The van der Waals surface area contributed by atoms with Crippen molar-refractivity contribution in [1.82, 2.24) is 4.98 Å². The molecule has 0 spiro atoms. The lowest BCUT2D eigenvalue weighted by atomic mass is 9.73. The normalized spacial score (nSPS) is 15.9. The summed E-state index contributed by atoms with van der Waals surface area (Å²) in [6, 6.07) is 2.29. The number of Topliss-reactive ketones (excluding diaryl/α,β-unsaturated/α-hetero) is 1. The molecular formula is C39H57Cl6NO11SSi. The molecule has 1 rings (SSSR count). The van der Waals surface area contributed by atoms with Gasteiger partial charge in [0.25, 0.3) is 0 Å². The zero-order valence-corrected chi connectivity index (χ0v) is 41.2. The van der Waals surface area contributed by atoms with Gasteiger partial charge in [-0.3, -0.25) is 9.59 Å². The summed E-state index contributed by atoms with van der Waals surface area (Å²) in [6.07, 6.45) is 2.71. The summed E-state index contributed by atoms with van der Waals surface area (Å²) in [5.41, 5.74) is 0.800. The molecule has 1 aromatic rings. The van der Waals surface area contributed by atoms with E-state index in [2.05, 4.69) is 4.98 Å². The number of hydrogen-bond acceptors (Lipinski definition) is 12. The number of ether oxygens (including phenoxy) is 4. The lowest BCUT2D eigenvalue weighted by Gasteiger charge is -2.42. The van der Waals surface area contributed by atoms with Gasteiger partial charge in [-0.2, -0.15) is 0 Å². The molecule has 1 heterocycles. The maximum atomic E-state index is 14.3. The van der Waals surface area contributed by atoms with Crippen molar-refractivity contribution in [2.75, 3.05) is 13.2 Å². The second kappa shape index (κ2) is 25.5. The first-order valence-corrected chi connectivity index (χ1v) is 24.7. The fraction of sp³-hybridized carbons (Fsp3) is 0.667. The number of aliphatic hydroxyl groups is 1. The Morgan fingerprint density at radius 2 is 1.46 bits per heavy atom. The minimum absolute atomic E-state index is 0.145. The number of hydrogen-bond donors (Lipinski definition) is 2. The number of alkyl halides is 6. The van der Waals surface area contributed by atoms with E-state index < -0.39 is 83.0 Å². The van der Waals surface area contributed by atoms with Gasteiger partial charge >= 0.3 is 18.3 Å². The first kappa shape index (κ1) is 55.4. The van der Waals surface area contributed by atoms with E-state index in [0.717, 1.165) is 23.7 Å². The zero-order chi connectivity index (χ0) is 45.4. The van der Waals surface area contributed by atoms with Gasteiger partial charge in [0.1, 0.15) is 36.7 Å². The van der Waals surface area contributed by atoms with Crippen molar-refractivity contribution < 1.29 is 52.8 Å². The molecule has 0 aliphatic carbocycles. The average Bonchev–Trinajstić information content (AvgIpc) is 3.60. The van der Waals surface area contributed by atoms with Gasteiger partial charge in [-0.15, -0.1) is 11.3 Å². The van der Waals surface area contributed by atoms with Crippen LogP contribution >= 0.6 is 80.9 Å². The molecule has 1 unspecified atom stereocenters. The van der Waals surface area contributed by atoms with Crippen molar-refractivity contribution in [3.05, 3.63) is 45.5 Å². The number of nitrogens with zero attached hydrogens (tertiary/aromatic N) is 1. The number of aliphatic carboxylic acids is 1. The highest BCUT2D eigenvalue weighted by Gasteiger charge is 2.47. The Balaban J connectivity index is 3.12. The van der Waals surface area contributed by atoms with Crippen LogP contribution < -0.4 is 0 Å². The minimum atomic E-state index is -2.34. The third-order valence-corrected chi connectivity index (χ3v) is 16.0. The number of halogens is 6. The highest BCUT2D eigenvalue weighted by Crippen LogP contribution is 2.38. The molecule has 0 fully saturated rings. The molecule has 12 nitrogen and oxygen atoms in total. The van der Waals surface area contributed by atoms with E-state index in [9.17, 15) is 29.4 Å². The topological polar surface area (TPSA) is 168 Å². The third kappa shape index (κ3) is 20.9. The molecule has 0 aliphatic heterocycles. The van der Waals surface area contributed by atoms with Gasteiger partial charge in [-0.25, -0.2) is 14.6 Å². The molecule has 0 aliphatic rings. The van der Waals surface area contributed by atoms with E-state index in [1.165, 1.54) is 11.3 Å². The average molecular weight is 989 g/mol. The molecule has 20 heteroatoms. The van der Waals surface area contributed by atoms with Crippen molar-refractivity contribution >= 4 is 119 Å². The highest BCUT2D eigenvalue weighted by atomic mass is 35.6. The summed E-state index contributed by atoms with van der Waals surface area (Å²) in [4.78, 5) is 55.3. The molecule has 0 amide bonds. The fourth-order valence-corrected chi connectivity index (χ4v) is 10.0. The smallest absolute Gasteiger partial charge is 0.481 e. The summed E-state index contributed by atoms with van der Waals surface area (Å²) in [5, 5.41) is 22.9. The van der Waals surface area contributed by atoms with Crippen molar-refractivity contribution in [3.63, 3.8) is 0 Å². The van der Waals surface area contributed by atoms with Crippen LogP contribution in [-0.4, -0.2) is 86.7 Å². The maximum absolute atomic E-state index is 14.3. The predicted molar refractivity (Wildman–Crippen MR) is 238 cm³/mol. The Morgan fingerprint density at radius 1 is 0.898 bits per heavy atom. The molecule has 0 aromatic carbocycles. The summed E-state index contributed by atoms with van der Waals surface area (Å²) < 4.78 is 23.5. The Hall–Kier alpha value is -1.59. The van der Waals surface area contributed by atoms with E-state index in [-0.39, 0.29) is 18.8 Å². The van der Waals surface area contributed by atoms with Gasteiger partial charge in [0, 0.05) is 10.8 Å². The van der Waals surface area contributed by atoms with E-state index in [0.29, 0.717) is 29.1 Å². The van der Waals surface area contributed by atoms with Gasteiger partial charge in [0.15, 0.2) is 8.32 Å². The van der Waals surface area contributed by atoms with Crippen molar-refractivity contribution in [1.29, 1.82) is 0 Å². The number of carbonyl (C=O) groups excluding carboxylic acids is 3. The quantitative estimate of drug-likeness (QED) is 0.0436. The maximum Gasteiger partial charge on any atom is 0.508 e. The molecule has 336 valence electrons. The summed E-state index contributed by atoms with van der Waals surface area (Å²) in [7, 11) is -2.34.